The third-order valence-electron chi connectivity index (χ3n) is 5.81. The highest BCUT2D eigenvalue weighted by molar-refractivity contribution is 6.15. The van der Waals surface area contributed by atoms with Crippen LogP contribution in [0, 0.1) is 0 Å². The molecule has 1 aliphatic heterocycles. The quantitative estimate of drug-likeness (QED) is 0.0968. The number of hydrogen-bond acceptors (Lipinski definition) is 10. The van der Waals surface area contributed by atoms with Crippen molar-refractivity contribution < 1.29 is 53.6 Å². The van der Waals surface area contributed by atoms with E-state index in [4.69, 9.17) is 14.9 Å². The molecule has 1 heterocycles. The van der Waals surface area contributed by atoms with E-state index < -0.39 is 80.0 Å². The van der Waals surface area contributed by atoms with E-state index >= 15 is 0 Å². The minimum Gasteiger partial charge on any atom is -0.480 e. The lowest BCUT2D eigenvalue weighted by atomic mass is 10.1. The summed E-state index contributed by atoms with van der Waals surface area (Å²) in [5, 5.41) is 29.8. The molecular weight excluding hydrogens is 544 g/mol. The number of nitrogens with one attached hydrogen (secondary N) is 1. The highest BCUT2D eigenvalue weighted by Crippen LogP contribution is 2.19. The molecule has 0 aromatic heterocycles. The molecule has 1 aromatic rings. The molecule has 0 radical (unpaired) electrons. The molecule has 0 saturated heterocycles. The van der Waals surface area contributed by atoms with Gasteiger partial charge in [0.2, 0.25) is 12.1 Å². The largest absolute Gasteiger partial charge is 0.480 e. The fourth-order valence-electron chi connectivity index (χ4n) is 4.04. The van der Waals surface area contributed by atoms with E-state index in [1.807, 2.05) is 0 Å². The molecule has 0 saturated carbocycles. The molecular formula is C26H32N4O11. The van der Waals surface area contributed by atoms with Gasteiger partial charge in [-0.05, 0) is 6.42 Å². The van der Waals surface area contributed by atoms with Crippen molar-refractivity contribution in [2.24, 2.45) is 0 Å². The molecule has 1 aliphatic rings. The molecule has 2 atom stereocenters. The third-order valence-corrected chi connectivity index (χ3v) is 5.81. The van der Waals surface area contributed by atoms with E-state index in [-0.39, 0.29) is 19.5 Å². The van der Waals surface area contributed by atoms with Crippen LogP contribution in [0.3, 0.4) is 0 Å². The lowest BCUT2D eigenvalue weighted by Gasteiger charge is -2.28. The van der Waals surface area contributed by atoms with Gasteiger partial charge in [0.15, 0.2) is 0 Å². The second-order valence-electron chi connectivity index (χ2n) is 9.08. The first-order valence-electron chi connectivity index (χ1n) is 12.6. The van der Waals surface area contributed by atoms with Crippen molar-refractivity contribution >= 4 is 41.6 Å². The normalized spacial score (nSPS) is 14.3. The molecule has 15 nitrogen and oxygen atoms in total. The van der Waals surface area contributed by atoms with Crippen LogP contribution in [0.2, 0.25) is 0 Å². The molecule has 2 unspecified atom stereocenters. The lowest BCUT2D eigenvalue weighted by Crippen LogP contribution is -2.51. The summed E-state index contributed by atoms with van der Waals surface area (Å²) in [5.41, 5.74) is 0.348. The topological polar surface area (TPSA) is 211 Å². The predicted molar refractivity (Wildman–Crippen MR) is 139 cm³/mol. The van der Waals surface area contributed by atoms with Gasteiger partial charge in [-0.1, -0.05) is 43.7 Å². The van der Waals surface area contributed by atoms with Crippen molar-refractivity contribution in [3.8, 4) is 0 Å². The number of hydrogen-bond donors (Lipinski definition) is 4. The Morgan fingerprint density at radius 1 is 0.829 bits per heavy atom. The number of rotatable bonds is 18. The molecule has 1 aromatic carbocycles. The van der Waals surface area contributed by atoms with Gasteiger partial charge >= 0.3 is 23.9 Å². The van der Waals surface area contributed by atoms with Crippen LogP contribution in [-0.2, 0) is 38.3 Å². The number of aliphatic carboxylic acids is 3. The maximum absolute atomic E-state index is 13.2. The molecule has 3 amide bonds. The van der Waals surface area contributed by atoms with Gasteiger partial charge in [-0.15, -0.1) is 0 Å². The Morgan fingerprint density at radius 3 is 1.78 bits per heavy atom. The van der Waals surface area contributed by atoms with Crippen LogP contribution in [0.1, 0.15) is 31.6 Å². The fraction of sp³-hybridized carbons (Fsp3) is 0.423. The Kier molecular flexibility index (Phi) is 12.6. The summed E-state index contributed by atoms with van der Waals surface area (Å²) in [5.74, 6) is -6.88. The molecule has 0 spiro atoms. The number of ether oxygens (including phenoxy) is 1. The van der Waals surface area contributed by atoms with Crippen molar-refractivity contribution in [1.29, 1.82) is 0 Å². The Bertz CT molecular complexity index is 1140. The smallest absolute Gasteiger partial charge is 0.322 e. The second-order valence-corrected chi connectivity index (χ2v) is 9.08. The van der Waals surface area contributed by atoms with Crippen LogP contribution in [-0.4, -0.2) is 117 Å². The van der Waals surface area contributed by atoms with Crippen molar-refractivity contribution in [3.05, 3.63) is 48.0 Å². The summed E-state index contributed by atoms with van der Waals surface area (Å²) in [6.07, 6.45) is 1.35. The van der Waals surface area contributed by atoms with Crippen LogP contribution >= 0.6 is 0 Å². The number of nitrogens with zero attached hydrogens (tertiary/aromatic N) is 3. The maximum atomic E-state index is 13.2. The fourth-order valence-corrected chi connectivity index (χ4v) is 4.04. The van der Waals surface area contributed by atoms with E-state index in [2.05, 4.69) is 5.32 Å². The van der Waals surface area contributed by atoms with Crippen molar-refractivity contribution in [2.75, 3.05) is 39.3 Å². The Morgan fingerprint density at radius 2 is 1.32 bits per heavy atom. The van der Waals surface area contributed by atoms with E-state index in [0.29, 0.717) is 12.0 Å². The Labute approximate surface area is 234 Å². The van der Waals surface area contributed by atoms with Gasteiger partial charge < -0.3 is 25.4 Å². The molecule has 15 heteroatoms. The van der Waals surface area contributed by atoms with Gasteiger partial charge in [0.1, 0.15) is 6.04 Å². The average molecular weight is 577 g/mol. The monoisotopic (exact) mass is 576 g/mol. The van der Waals surface area contributed by atoms with E-state index in [9.17, 15) is 38.7 Å². The van der Waals surface area contributed by atoms with Crippen LogP contribution in [0.15, 0.2) is 42.5 Å². The summed E-state index contributed by atoms with van der Waals surface area (Å²) in [7, 11) is 0. The zero-order chi connectivity index (χ0) is 30.5. The van der Waals surface area contributed by atoms with Gasteiger partial charge in [0, 0.05) is 30.8 Å². The number of imide groups is 1. The molecule has 41 heavy (non-hydrogen) atoms. The maximum Gasteiger partial charge on any atom is 0.322 e. The standard InChI is InChI=1S/C26H32N4O11/c1-2-6-18(30-19(31)9-10-20(30)32)25(40)27-26(17-7-4-3-5-8-17)41-24(39)16-29(15-23(37)38)12-11-28(13-21(33)34)14-22(35)36/h3-5,7-10,18,26H,2,6,11-16H2,1H3,(H,27,40)(H,33,34)(H,35,36)(H,37,38). The van der Waals surface area contributed by atoms with Gasteiger partial charge in [0.25, 0.3) is 11.8 Å². The van der Waals surface area contributed by atoms with Gasteiger partial charge in [-0.25, -0.2) is 0 Å². The van der Waals surface area contributed by atoms with Crippen LogP contribution < -0.4 is 5.32 Å². The minimum absolute atomic E-state index is 0.149. The summed E-state index contributed by atoms with van der Waals surface area (Å²) < 4.78 is 5.49. The molecule has 0 fully saturated rings. The van der Waals surface area contributed by atoms with Crippen molar-refractivity contribution in [1.82, 2.24) is 20.0 Å². The van der Waals surface area contributed by atoms with Crippen molar-refractivity contribution in [2.45, 2.75) is 32.0 Å². The van der Waals surface area contributed by atoms with Gasteiger partial charge in [-0.3, -0.25) is 48.3 Å². The van der Waals surface area contributed by atoms with Crippen molar-refractivity contribution in [3.63, 3.8) is 0 Å². The first kappa shape index (κ1) is 32.6. The van der Waals surface area contributed by atoms with E-state index in [0.717, 1.165) is 26.9 Å². The molecule has 2 rings (SSSR count). The highest BCUT2D eigenvalue weighted by Gasteiger charge is 2.36. The van der Waals surface area contributed by atoms with Crippen LogP contribution in [0.4, 0.5) is 0 Å². The second kappa shape index (κ2) is 15.8. The average Bonchev–Trinajstić information content (AvgIpc) is 3.22. The zero-order valence-corrected chi connectivity index (χ0v) is 22.3. The third kappa shape index (κ3) is 10.8. The van der Waals surface area contributed by atoms with E-state index in [1.54, 1.807) is 37.3 Å². The lowest BCUT2D eigenvalue weighted by molar-refractivity contribution is -0.157. The number of carboxylic acids is 3. The number of carbonyl (C=O) groups excluding carboxylic acids is 4. The number of carbonyl (C=O) groups is 7. The van der Waals surface area contributed by atoms with E-state index in [1.165, 1.54) is 0 Å². The number of benzene rings is 1. The van der Waals surface area contributed by atoms with Gasteiger partial charge in [-0.2, -0.15) is 0 Å². The SMILES string of the molecule is CCCC(C(=O)NC(OC(=O)CN(CCN(CC(=O)O)CC(=O)O)CC(=O)O)c1ccccc1)N1C(=O)C=CC1=O. The summed E-state index contributed by atoms with van der Waals surface area (Å²) in [6, 6.07) is 6.89. The minimum atomic E-state index is -1.36. The van der Waals surface area contributed by atoms with Crippen LogP contribution in [0.25, 0.3) is 0 Å². The first-order chi connectivity index (χ1) is 19.4. The Hall–Kier alpha value is -4.63. The summed E-state index contributed by atoms with van der Waals surface area (Å²) >= 11 is 0. The highest BCUT2D eigenvalue weighted by atomic mass is 16.6. The molecule has 222 valence electrons. The van der Waals surface area contributed by atoms with Gasteiger partial charge in [0.05, 0.1) is 26.2 Å². The van der Waals surface area contributed by atoms with Crippen LogP contribution in [0.5, 0.6) is 0 Å². The first-order valence-corrected chi connectivity index (χ1v) is 12.6. The Balaban J connectivity index is 2.18. The number of esters is 1. The summed E-state index contributed by atoms with van der Waals surface area (Å²) in [6.45, 7) is -1.07. The molecule has 0 bridgehead atoms. The zero-order valence-electron chi connectivity index (χ0n) is 22.3. The molecule has 4 N–H and O–H groups in total. The molecule has 0 aliphatic carbocycles. The summed E-state index contributed by atoms with van der Waals surface area (Å²) in [4.78, 5) is 87.0. The predicted octanol–water partition coefficient (Wildman–Crippen LogP) is -0.704. The number of amides is 3. The number of carboxylic acid groups (broad SMARTS) is 3.